The molecule has 4 heterocycles. The second-order valence-corrected chi connectivity index (χ2v) is 13.9. The molecule has 1 saturated heterocycles. The SMILES string of the molecule is COc1cc(C(=O)N2C[C@H]3CC[C@@H]2[C@@H]3N)cc2nc(-c3cc4ccc(-c5cc(F)c6c(c5)CCC(=O)N6)cc4n3CC3CC3)n(C)c12. The van der Waals surface area contributed by atoms with E-state index in [4.69, 9.17) is 15.5 Å². The molecule has 47 heavy (non-hydrogen) atoms. The Morgan fingerprint density at radius 1 is 1.06 bits per heavy atom. The molecule has 0 spiro atoms. The van der Waals surface area contributed by atoms with Crippen molar-refractivity contribution >= 4 is 39.4 Å². The zero-order valence-electron chi connectivity index (χ0n) is 26.6. The van der Waals surface area contributed by atoms with Gasteiger partial charge in [-0.3, -0.25) is 9.59 Å². The van der Waals surface area contributed by atoms with Crippen LogP contribution in [0.1, 0.15) is 48.0 Å². The summed E-state index contributed by atoms with van der Waals surface area (Å²) in [5.74, 6) is 1.79. The third-order valence-electron chi connectivity index (χ3n) is 11.0. The van der Waals surface area contributed by atoms with Crippen LogP contribution in [-0.4, -0.2) is 56.6 Å². The molecule has 2 aliphatic carbocycles. The minimum absolute atomic E-state index is 0.0172. The lowest BCUT2D eigenvalue weighted by atomic mass is 9.96. The Labute approximate surface area is 271 Å². The van der Waals surface area contributed by atoms with E-state index in [1.807, 2.05) is 36.2 Å². The van der Waals surface area contributed by atoms with E-state index < -0.39 is 5.82 Å². The van der Waals surface area contributed by atoms with Gasteiger partial charge in [0, 0.05) is 55.1 Å². The van der Waals surface area contributed by atoms with Crippen LogP contribution in [0.15, 0.2) is 48.5 Å². The van der Waals surface area contributed by atoms with Crippen molar-refractivity contribution < 1.29 is 18.7 Å². The number of aromatic nitrogens is 3. The third kappa shape index (κ3) is 4.48. The van der Waals surface area contributed by atoms with E-state index in [2.05, 4.69) is 32.7 Å². The van der Waals surface area contributed by atoms with Gasteiger partial charge >= 0.3 is 0 Å². The highest BCUT2D eigenvalue weighted by atomic mass is 19.1. The summed E-state index contributed by atoms with van der Waals surface area (Å²) in [4.78, 5) is 32.7. The van der Waals surface area contributed by atoms with Gasteiger partial charge in [0.15, 0.2) is 5.82 Å². The smallest absolute Gasteiger partial charge is 0.254 e. The van der Waals surface area contributed by atoms with Crippen molar-refractivity contribution in [3.05, 3.63) is 65.5 Å². The van der Waals surface area contributed by atoms with E-state index in [1.54, 1.807) is 7.11 Å². The molecule has 2 aromatic heterocycles. The number of carbonyl (C=O) groups is 2. The number of ether oxygens (including phenoxy) is 1. The molecule has 2 amide bonds. The summed E-state index contributed by atoms with van der Waals surface area (Å²) in [5, 5.41) is 3.76. The molecule has 9 rings (SSSR count). The Balaban J connectivity index is 1.14. The number of hydrogen-bond acceptors (Lipinski definition) is 5. The molecule has 3 atom stereocenters. The molecule has 0 radical (unpaired) electrons. The van der Waals surface area contributed by atoms with Crippen LogP contribution in [-0.2, 0) is 24.8 Å². The highest BCUT2D eigenvalue weighted by molar-refractivity contribution is 6.01. The minimum atomic E-state index is -0.411. The van der Waals surface area contributed by atoms with Gasteiger partial charge in [0.05, 0.1) is 24.0 Å². The van der Waals surface area contributed by atoms with Gasteiger partial charge in [-0.2, -0.15) is 0 Å². The number of hydrogen-bond donors (Lipinski definition) is 2. The van der Waals surface area contributed by atoms with Gasteiger partial charge in [-0.15, -0.1) is 0 Å². The summed E-state index contributed by atoms with van der Waals surface area (Å²) in [6, 6.07) is 15.8. The molecular weight excluding hydrogens is 595 g/mol. The number of fused-ring (bicyclic) bond motifs is 5. The monoisotopic (exact) mass is 632 g/mol. The zero-order chi connectivity index (χ0) is 32.1. The van der Waals surface area contributed by atoms with Crippen LogP contribution >= 0.6 is 0 Å². The average Bonchev–Trinajstić information content (AvgIpc) is 3.48. The van der Waals surface area contributed by atoms with Crippen LogP contribution in [0.25, 0.3) is 44.6 Å². The topological polar surface area (TPSA) is 107 Å². The molecule has 3 fully saturated rings. The van der Waals surface area contributed by atoms with Gasteiger partial charge in [-0.1, -0.05) is 12.1 Å². The zero-order valence-corrected chi connectivity index (χ0v) is 26.6. The average molecular weight is 633 g/mol. The predicted molar refractivity (Wildman–Crippen MR) is 179 cm³/mol. The summed E-state index contributed by atoms with van der Waals surface area (Å²) >= 11 is 0. The Morgan fingerprint density at radius 2 is 1.91 bits per heavy atom. The number of halogens is 1. The summed E-state index contributed by atoms with van der Waals surface area (Å²) in [5.41, 5.74) is 13.4. The number of nitrogens with zero attached hydrogens (tertiary/aromatic N) is 4. The molecule has 2 saturated carbocycles. The lowest BCUT2D eigenvalue weighted by molar-refractivity contribution is -0.116. The molecule has 2 bridgehead atoms. The summed E-state index contributed by atoms with van der Waals surface area (Å²) in [6.07, 6.45) is 5.29. The first kappa shape index (κ1) is 28.5. The number of piperidine rings is 1. The van der Waals surface area contributed by atoms with Crippen LogP contribution in [0, 0.1) is 17.7 Å². The molecular formula is C37H37FN6O3. The molecule has 2 aliphatic heterocycles. The van der Waals surface area contributed by atoms with Crippen molar-refractivity contribution in [2.75, 3.05) is 19.0 Å². The van der Waals surface area contributed by atoms with Gasteiger partial charge in [-0.05, 0) is 97.0 Å². The molecule has 5 aromatic rings. The van der Waals surface area contributed by atoms with E-state index >= 15 is 4.39 Å². The van der Waals surface area contributed by atoms with Gasteiger partial charge in [-0.25, -0.2) is 9.37 Å². The lowest BCUT2D eigenvalue weighted by Gasteiger charge is -2.27. The minimum Gasteiger partial charge on any atom is -0.494 e. The number of rotatable bonds is 6. The summed E-state index contributed by atoms with van der Waals surface area (Å²) in [6.45, 7) is 1.56. The maximum absolute atomic E-state index is 15.1. The van der Waals surface area contributed by atoms with E-state index in [0.717, 1.165) is 64.0 Å². The number of anilines is 1. The van der Waals surface area contributed by atoms with E-state index in [1.165, 1.54) is 18.9 Å². The highest BCUT2D eigenvalue weighted by Gasteiger charge is 2.47. The van der Waals surface area contributed by atoms with Crippen LogP contribution in [0.5, 0.6) is 5.75 Å². The highest BCUT2D eigenvalue weighted by Crippen LogP contribution is 2.41. The Kier molecular flexibility index (Phi) is 6.31. The van der Waals surface area contributed by atoms with Gasteiger partial charge in [0.25, 0.3) is 5.91 Å². The normalized spacial score (nSPS) is 21.9. The van der Waals surface area contributed by atoms with Gasteiger partial charge in [0.1, 0.15) is 17.1 Å². The van der Waals surface area contributed by atoms with Crippen LogP contribution in [0.4, 0.5) is 10.1 Å². The van der Waals surface area contributed by atoms with Crippen LogP contribution < -0.4 is 15.8 Å². The predicted octanol–water partition coefficient (Wildman–Crippen LogP) is 5.87. The fourth-order valence-corrected chi connectivity index (χ4v) is 8.26. The van der Waals surface area contributed by atoms with Gasteiger partial charge < -0.3 is 29.8 Å². The van der Waals surface area contributed by atoms with Crippen molar-refractivity contribution in [1.29, 1.82) is 0 Å². The fourth-order valence-electron chi connectivity index (χ4n) is 8.26. The summed E-state index contributed by atoms with van der Waals surface area (Å²) < 4.78 is 25.4. The second-order valence-electron chi connectivity index (χ2n) is 13.9. The van der Waals surface area contributed by atoms with Crippen molar-refractivity contribution in [2.45, 2.75) is 57.2 Å². The molecule has 0 unspecified atom stereocenters. The molecule has 240 valence electrons. The lowest BCUT2D eigenvalue weighted by Crippen LogP contribution is -2.41. The number of amides is 2. The number of likely N-dealkylation sites (tertiary alicyclic amines) is 1. The van der Waals surface area contributed by atoms with Crippen LogP contribution in [0.2, 0.25) is 0 Å². The maximum atomic E-state index is 15.1. The van der Waals surface area contributed by atoms with Crippen molar-refractivity contribution in [1.82, 2.24) is 19.0 Å². The largest absolute Gasteiger partial charge is 0.494 e. The van der Waals surface area contributed by atoms with Gasteiger partial charge in [0.2, 0.25) is 5.91 Å². The second kappa shape index (κ2) is 10.4. The molecule has 3 aromatic carbocycles. The van der Waals surface area contributed by atoms with E-state index in [0.29, 0.717) is 53.7 Å². The molecule has 9 nitrogen and oxygen atoms in total. The van der Waals surface area contributed by atoms with E-state index in [9.17, 15) is 9.59 Å². The number of methoxy groups -OCH3 is 1. The number of carbonyl (C=O) groups excluding carboxylic acids is 2. The molecule has 4 aliphatic rings. The standard InChI is InChI=1S/C37H37FN6O3/c1-42-35-27(13-25(16-31(35)47-2)37(46)44-18-23-7-9-28(44)33(23)39)40-36(42)30-15-21-6-5-20(14-29(21)43(30)17-19-3-4-19)24-11-22-8-10-32(45)41-34(22)26(38)12-24/h5-6,11-16,19,23,28,33H,3-4,7-10,17-18,39H2,1-2H3,(H,41,45)/t23-,28-,33-/m1/s1. The first-order valence-corrected chi connectivity index (χ1v) is 16.6. The number of nitrogens with one attached hydrogen (secondary N) is 1. The van der Waals surface area contributed by atoms with Crippen LogP contribution in [0.3, 0.4) is 0 Å². The maximum Gasteiger partial charge on any atom is 0.254 e. The Hall–Kier alpha value is -4.70. The van der Waals surface area contributed by atoms with Crippen molar-refractivity contribution in [3.63, 3.8) is 0 Å². The number of aryl methyl sites for hydroxylation is 2. The fraction of sp³-hybridized carbons (Fsp3) is 0.378. The third-order valence-corrected chi connectivity index (χ3v) is 11.0. The first-order valence-electron chi connectivity index (χ1n) is 16.6. The molecule has 3 N–H and O–H groups in total. The summed E-state index contributed by atoms with van der Waals surface area (Å²) in [7, 11) is 3.62. The first-order chi connectivity index (χ1) is 22.8. The van der Waals surface area contributed by atoms with E-state index in [-0.39, 0.29) is 23.9 Å². The van der Waals surface area contributed by atoms with Crippen molar-refractivity contribution in [3.8, 4) is 28.4 Å². The quantitative estimate of drug-likeness (QED) is 0.244. The Bertz CT molecular complexity index is 2150. The number of benzene rings is 3. The molecule has 10 heteroatoms. The van der Waals surface area contributed by atoms with Crippen molar-refractivity contribution in [2.24, 2.45) is 24.6 Å². The Morgan fingerprint density at radius 3 is 2.66 bits per heavy atom. The number of imidazole rings is 1. The number of nitrogens with two attached hydrogens (primary N) is 1.